The minimum Gasteiger partial charge on any atom is -0.442 e. The average molecular weight is 466 g/mol. The summed E-state index contributed by atoms with van der Waals surface area (Å²) in [5.41, 5.74) is 0.676. The van der Waals surface area contributed by atoms with Crippen molar-refractivity contribution in [1.29, 1.82) is 5.26 Å². The molecule has 32 heavy (non-hydrogen) atoms. The summed E-state index contributed by atoms with van der Waals surface area (Å²) >= 11 is 5.31. The van der Waals surface area contributed by atoms with Gasteiger partial charge in [0.05, 0.1) is 5.92 Å². The van der Waals surface area contributed by atoms with E-state index >= 15 is 0 Å². The van der Waals surface area contributed by atoms with Crippen LogP contribution >= 0.6 is 11.6 Å². The number of hydrogen-bond acceptors (Lipinski definition) is 3. The number of alkyl halides is 3. The predicted octanol–water partition coefficient (Wildman–Crippen LogP) is 6.48. The molecular formula is C24H20ClF4NO2. The molecule has 1 fully saturated rings. The maximum Gasteiger partial charge on any atom is 0.426 e. The van der Waals surface area contributed by atoms with Gasteiger partial charge in [0.1, 0.15) is 16.9 Å². The first-order valence-electron chi connectivity index (χ1n) is 9.82. The van der Waals surface area contributed by atoms with E-state index in [4.69, 9.17) is 16.3 Å². The molecule has 0 aromatic heterocycles. The van der Waals surface area contributed by atoms with Crippen molar-refractivity contribution < 1.29 is 27.1 Å². The lowest BCUT2D eigenvalue weighted by Crippen LogP contribution is -2.15. The number of hydrogen-bond donors (Lipinski definition) is 0. The Balaban J connectivity index is 1.76. The highest BCUT2D eigenvalue weighted by Gasteiger charge is 2.62. The van der Waals surface area contributed by atoms with Gasteiger partial charge in [0, 0.05) is 12.0 Å². The van der Waals surface area contributed by atoms with E-state index in [9.17, 15) is 27.6 Å². The fraction of sp³-hybridized carbons (Fsp3) is 0.333. The van der Waals surface area contributed by atoms with Crippen LogP contribution in [0.15, 0.2) is 59.6 Å². The van der Waals surface area contributed by atoms with Gasteiger partial charge in [-0.15, -0.1) is 0 Å². The quantitative estimate of drug-likeness (QED) is 0.362. The number of ether oxygens (including phenoxy) is 1. The van der Waals surface area contributed by atoms with Crippen molar-refractivity contribution in [2.24, 2.45) is 17.3 Å². The lowest BCUT2D eigenvalue weighted by molar-refractivity contribution is -0.149. The highest BCUT2D eigenvalue weighted by molar-refractivity contribution is 6.30. The van der Waals surface area contributed by atoms with E-state index in [1.807, 2.05) is 36.4 Å². The van der Waals surface area contributed by atoms with Crippen molar-refractivity contribution >= 4 is 17.6 Å². The smallest absolute Gasteiger partial charge is 0.426 e. The van der Waals surface area contributed by atoms with Gasteiger partial charge >= 0.3 is 12.1 Å². The van der Waals surface area contributed by atoms with Crippen LogP contribution < -0.4 is 0 Å². The highest BCUT2D eigenvalue weighted by Crippen LogP contribution is 2.60. The average Bonchev–Trinajstić information content (AvgIpc) is 3.27. The van der Waals surface area contributed by atoms with Crippen LogP contribution in [0.3, 0.4) is 0 Å². The molecule has 0 bridgehead atoms. The topological polar surface area (TPSA) is 50.1 Å². The van der Waals surface area contributed by atoms with Crippen LogP contribution in [-0.2, 0) is 16.0 Å². The third-order valence-corrected chi connectivity index (χ3v) is 6.06. The molecule has 0 aliphatic heterocycles. The third-order valence-electron chi connectivity index (χ3n) is 5.72. The van der Waals surface area contributed by atoms with Gasteiger partial charge in [0.25, 0.3) is 0 Å². The second-order valence-corrected chi connectivity index (χ2v) is 8.70. The van der Waals surface area contributed by atoms with Crippen molar-refractivity contribution in [1.82, 2.24) is 0 Å². The Labute approximate surface area is 188 Å². The Kier molecular flexibility index (Phi) is 6.66. The Hall–Kier alpha value is -2.85. The molecule has 8 heteroatoms. The fourth-order valence-corrected chi connectivity index (χ4v) is 3.89. The summed E-state index contributed by atoms with van der Waals surface area (Å²) in [5.74, 6) is -2.91. The number of allylic oxidation sites excluding steroid dienone is 2. The van der Waals surface area contributed by atoms with Crippen molar-refractivity contribution in [3.8, 4) is 6.07 Å². The molecule has 3 atom stereocenters. The number of rotatable bonds is 6. The minimum atomic E-state index is -4.70. The van der Waals surface area contributed by atoms with Crippen LogP contribution in [0.5, 0.6) is 0 Å². The van der Waals surface area contributed by atoms with Gasteiger partial charge in [-0.3, -0.25) is 4.79 Å². The van der Waals surface area contributed by atoms with Gasteiger partial charge < -0.3 is 4.74 Å². The van der Waals surface area contributed by atoms with Crippen LogP contribution in [0.25, 0.3) is 0 Å². The SMILES string of the molecule is CC1(C)[C@H](/C=C(\Cl)C(F)(F)F)[C@@H]1C(=O)OC(C#N)c1ccc(F)c(Cc2ccccc2)c1. The summed E-state index contributed by atoms with van der Waals surface area (Å²) in [7, 11) is 0. The maximum absolute atomic E-state index is 14.3. The maximum atomic E-state index is 14.3. The van der Waals surface area contributed by atoms with Gasteiger partial charge in [0.15, 0.2) is 0 Å². The van der Waals surface area contributed by atoms with E-state index in [-0.39, 0.29) is 12.0 Å². The molecule has 1 aliphatic carbocycles. The van der Waals surface area contributed by atoms with Crippen molar-refractivity contribution in [3.63, 3.8) is 0 Å². The van der Waals surface area contributed by atoms with Gasteiger partial charge in [-0.1, -0.05) is 67.9 Å². The molecule has 3 rings (SSSR count). The summed E-state index contributed by atoms with van der Waals surface area (Å²) in [4.78, 5) is 12.6. The monoisotopic (exact) mass is 465 g/mol. The number of benzene rings is 2. The zero-order chi connectivity index (χ0) is 23.7. The molecule has 2 aromatic carbocycles. The molecule has 0 N–H and O–H groups in total. The number of nitriles is 1. The number of esters is 1. The molecular weight excluding hydrogens is 446 g/mol. The lowest BCUT2D eigenvalue weighted by atomic mass is 10.00. The van der Waals surface area contributed by atoms with E-state index in [0.717, 1.165) is 11.6 Å². The molecule has 168 valence electrons. The normalized spacial score (nSPS) is 20.9. The van der Waals surface area contributed by atoms with Crippen LogP contribution in [0.4, 0.5) is 17.6 Å². The van der Waals surface area contributed by atoms with E-state index in [1.54, 1.807) is 13.8 Å². The van der Waals surface area contributed by atoms with Crippen molar-refractivity contribution in [2.45, 2.75) is 32.5 Å². The summed E-state index contributed by atoms with van der Waals surface area (Å²) in [6.45, 7) is 3.25. The highest BCUT2D eigenvalue weighted by atomic mass is 35.5. The third kappa shape index (κ3) is 5.13. The Bertz CT molecular complexity index is 1070. The number of carbonyl (C=O) groups excluding carboxylic acids is 1. The first-order chi connectivity index (χ1) is 14.9. The second kappa shape index (κ2) is 8.95. The van der Waals surface area contributed by atoms with Gasteiger partial charge in [-0.2, -0.15) is 18.4 Å². The molecule has 0 heterocycles. The van der Waals surface area contributed by atoms with Crippen molar-refractivity contribution in [2.75, 3.05) is 0 Å². The lowest BCUT2D eigenvalue weighted by Gasteiger charge is -2.14. The largest absolute Gasteiger partial charge is 0.442 e. The molecule has 0 saturated heterocycles. The molecule has 1 aliphatic rings. The second-order valence-electron chi connectivity index (χ2n) is 8.30. The number of carbonyl (C=O) groups is 1. The summed E-state index contributed by atoms with van der Waals surface area (Å²) < 4.78 is 57.8. The first kappa shape index (κ1) is 23.8. The van der Waals surface area contributed by atoms with E-state index in [1.165, 1.54) is 18.2 Å². The Morgan fingerprint density at radius 2 is 1.91 bits per heavy atom. The minimum absolute atomic E-state index is 0.283. The standard InChI is InChI=1S/C24H20ClF4NO2/c1-23(2)17(12-20(25)24(27,28)29)21(23)22(31)32-19(13-30)15-8-9-18(26)16(11-15)10-14-6-4-3-5-7-14/h3-9,11-12,17,19,21H,10H2,1-2H3/b20-12-/t17-,19?,21-/m1/s1. The van der Waals surface area contributed by atoms with E-state index < -0.39 is 46.3 Å². The predicted molar refractivity (Wildman–Crippen MR) is 111 cm³/mol. The zero-order valence-electron chi connectivity index (χ0n) is 17.3. The van der Waals surface area contributed by atoms with E-state index in [0.29, 0.717) is 5.56 Å². The molecule has 1 unspecified atom stereocenters. The molecule has 0 amide bonds. The van der Waals surface area contributed by atoms with Gasteiger partial charge in [-0.05, 0) is 34.6 Å². The number of halogens is 5. The summed E-state index contributed by atoms with van der Waals surface area (Å²) in [5, 5.41) is 8.23. The van der Waals surface area contributed by atoms with Gasteiger partial charge in [0.2, 0.25) is 6.10 Å². The summed E-state index contributed by atoms with van der Waals surface area (Å²) in [6, 6.07) is 15.0. The zero-order valence-corrected chi connectivity index (χ0v) is 18.0. The van der Waals surface area contributed by atoms with Crippen molar-refractivity contribution in [3.05, 3.63) is 82.1 Å². The molecule has 3 nitrogen and oxygen atoms in total. The van der Waals surface area contributed by atoms with Crippen LogP contribution in [0.1, 0.15) is 36.6 Å². The van der Waals surface area contributed by atoms with Crippen LogP contribution in [-0.4, -0.2) is 12.1 Å². The first-order valence-corrected chi connectivity index (χ1v) is 10.2. The number of nitrogens with zero attached hydrogens (tertiary/aromatic N) is 1. The molecule has 0 spiro atoms. The molecule has 0 radical (unpaired) electrons. The van der Waals surface area contributed by atoms with E-state index in [2.05, 4.69) is 0 Å². The molecule has 2 aromatic rings. The summed E-state index contributed by atoms with van der Waals surface area (Å²) in [6.07, 6.45) is -4.93. The Morgan fingerprint density at radius 1 is 1.25 bits per heavy atom. The molecule has 1 saturated carbocycles. The van der Waals surface area contributed by atoms with Crippen LogP contribution in [0, 0.1) is 34.4 Å². The fourth-order valence-electron chi connectivity index (χ4n) is 3.76. The van der Waals surface area contributed by atoms with Crippen LogP contribution in [0.2, 0.25) is 0 Å². The Morgan fingerprint density at radius 3 is 2.50 bits per heavy atom. The van der Waals surface area contributed by atoms with Gasteiger partial charge in [-0.25, -0.2) is 4.39 Å².